The van der Waals surface area contributed by atoms with Gasteiger partial charge in [-0.25, -0.2) is 0 Å². The van der Waals surface area contributed by atoms with Gasteiger partial charge in [-0.05, 0) is 12.8 Å². The van der Waals surface area contributed by atoms with Gasteiger partial charge in [0.15, 0.2) is 0 Å². The van der Waals surface area contributed by atoms with Crippen molar-refractivity contribution in [1.82, 2.24) is 0 Å². The van der Waals surface area contributed by atoms with Gasteiger partial charge in [0.1, 0.15) is 6.10 Å². The average Bonchev–Trinajstić information content (AvgIpc) is 1.96. The van der Waals surface area contributed by atoms with Crippen LogP contribution in [-0.2, 0) is 15.5 Å². The van der Waals surface area contributed by atoms with Crippen molar-refractivity contribution in [3.05, 3.63) is 0 Å². The van der Waals surface area contributed by atoms with Crippen LogP contribution in [-0.4, -0.2) is 29.3 Å². The van der Waals surface area contributed by atoms with Crippen molar-refractivity contribution in [2.75, 3.05) is 0 Å². The van der Waals surface area contributed by atoms with E-state index < -0.39 is 11.4 Å². The smallest absolute Gasteiger partial charge is 0.284 e. The first-order valence-electron chi connectivity index (χ1n) is 3.71. The largest absolute Gasteiger partial charge is 0.302 e. The van der Waals surface area contributed by atoms with E-state index in [4.69, 9.17) is 8.74 Å². The Morgan fingerprint density at radius 2 is 1.69 bits per heavy atom. The van der Waals surface area contributed by atoms with Crippen molar-refractivity contribution in [2.45, 2.75) is 33.4 Å². The van der Waals surface area contributed by atoms with Gasteiger partial charge in [0.2, 0.25) is 0 Å². The van der Waals surface area contributed by atoms with E-state index in [0.29, 0.717) is 4.83 Å². The third-order valence-corrected chi connectivity index (χ3v) is 4.79. The Morgan fingerprint density at radius 1 is 1.23 bits per heavy atom. The van der Waals surface area contributed by atoms with E-state index in [0.717, 1.165) is 12.8 Å². The molecule has 0 amide bonds. The first-order valence-corrected chi connectivity index (χ1v) is 7.48. The van der Waals surface area contributed by atoms with Crippen LogP contribution < -0.4 is 0 Å². The Labute approximate surface area is 105 Å². The normalized spacial score (nSPS) is 43.1. The third-order valence-electron chi connectivity index (χ3n) is 1.87. The van der Waals surface area contributed by atoms with Crippen LogP contribution in [0.2, 0.25) is 0 Å². The zero-order valence-electron chi connectivity index (χ0n) is 6.53. The minimum atomic E-state index is -2.19. The van der Waals surface area contributed by atoms with Crippen molar-refractivity contribution < 1.29 is 12.9 Å². The lowest BCUT2D eigenvalue weighted by molar-refractivity contribution is 0.178. The summed E-state index contributed by atoms with van der Waals surface area (Å²) in [7, 11) is 0. The highest BCUT2D eigenvalue weighted by Gasteiger charge is 2.36. The van der Waals surface area contributed by atoms with E-state index in [2.05, 4.69) is 47.8 Å². The number of halogens is 3. The van der Waals surface area contributed by atoms with Crippen LogP contribution in [0.15, 0.2) is 0 Å². The molecule has 0 spiro atoms. The van der Waals surface area contributed by atoms with E-state index in [9.17, 15) is 4.21 Å². The van der Waals surface area contributed by atoms with Crippen molar-refractivity contribution in [1.29, 1.82) is 0 Å². The van der Waals surface area contributed by atoms with Gasteiger partial charge in [0.25, 0.3) is 0 Å². The topological polar surface area (TPSA) is 46.5 Å². The summed E-state index contributed by atoms with van der Waals surface area (Å²) in [4.78, 5) is 0.630. The minimum absolute atomic E-state index is 0.103. The number of hydrogen-bond donors (Lipinski definition) is 1. The zero-order chi connectivity index (χ0) is 10.0. The molecule has 0 aromatic carbocycles. The molecule has 0 aromatic heterocycles. The molecule has 0 aromatic rings. The van der Waals surface area contributed by atoms with E-state index >= 15 is 0 Å². The Morgan fingerprint density at radius 3 is 2.08 bits per heavy atom. The Kier molecular flexibility index (Phi) is 5.37. The van der Waals surface area contributed by atoms with Gasteiger partial charge in [-0.3, -0.25) is 8.74 Å². The second kappa shape index (κ2) is 5.55. The Bertz CT molecular complexity index is 192. The fourth-order valence-corrected chi connectivity index (χ4v) is 6.11. The van der Waals surface area contributed by atoms with E-state index in [-0.39, 0.29) is 15.8 Å². The molecule has 3 unspecified atom stereocenters. The molecule has 1 aliphatic rings. The molecule has 0 saturated heterocycles. The summed E-state index contributed by atoms with van der Waals surface area (Å²) in [6, 6.07) is 0. The second-order valence-electron chi connectivity index (χ2n) is 2.88. The second-order valence-corrected chi connectivity index (χ2v) is 7.15. The fraction of sp³-hybridized carbons (Fsp3) is 1.00. The lowest BCUT2D eigenvalue weighted by atomic mass is 9.97. The number of hydrogen-bond acceptors (Lipinski definition) is 2. The van der Waals surface area contributed by atoms with Crippen LogP contribution in [0.3, 0.4) is 0 Å². The molecule has 7 heteroatoms. The van der Waals surface area contributed by atoms with E-state index in [1.165, 1.54) is 0 Å². The molecule has 0 radical (unpaired) electrons. The highest BCUT2D eigenvalue weighted by atomic mass is 79.9. The van der Waals surface area contributed by atoms with Gasteiger partial charge in [-0.2, -0.15) is 4.21 Å². The fourth-order valence-electron chi connectivity index (χ4n) is 1.30. The molecule has 1 saturated carbocycles. The maximum Gasteiger partial charge on any atom is 0.302 e. The monoisotopic (exact) mass is 398 g/mol. The van der Waals surface area contributed by atoms with Crippen LogP contribution in [0.5, 0.6) is 0 Å². The number of rotatable bonds is 2. The van der Waals surface area contributed by atoms with Gasteiger partial charge >= 0.3 is 11.4 Å². The van der Waals surface area contributed by atoms with Gasteiger partial charge in [-0.15, -0.1) is 0 Å². The quantitative estimate of drug-likeness (QED) is 0.572. The maximum atomic E-state index is 10.5. The van der Waals surface area contributed by atoms with E-state index in [1.807, 2.05) is 0 Å². The Balaban J connectivity index is 2.56. The molecule has 1 N–H and O–H groups in total. The summed E-state index contributed by atoms with van der Waals surface area (Å²) in [6.07, 6.45) is 1.54. The highest BCUT2D eigenvalue weighted by molar-refractivity contribution is 9.10. The molecule has 0 bridgehead atoms. The first kappa shape index (κ1) is 12.6. The highest BCUT2D eigenvalue weighted by Crippen LogP contribution is 2.35. The molecule has 3 atom stereocenters. The standard InChI is InChI=1S/C6H9Br3O3S/c7-3-1-4(8)6(5(9)2-3)12-13(10)11/h3-6H,1-2H2,(H,10,11). The lowest BCUT2D eigenvalue weighted by Crippen LogP contribution is -2.41. The zero-order valence-corrected chi connectivity index (χ0v) is 12.1. The molecule has 78 valence electrons. The Hall–Kier alpha value is 1.51. The third kappa shape index (κ3) is 3.87. The summed E-state index contributed by atoms with van der Waals surface area (Å²) < 4.78 is 24.0. The van der Waals surface area contributed by atoms with Crippen LogP contribution in [0.1, 0.15) is 12.8 Å². The van der Waals surface area contributed by atoms with Crippen molar-refractivity contribution in [2.24, 2.45) is 0 Å². The molecule has 3 nitrogen and oxygen atoms in total. The molecule has 1 rings (SSSR count). The van der Waals surface area contributed by atoms with Gasteiger partial charge < -0.3 is 0 Å². The molecule has 1 fully saturated rings. The molecular weight excluding hydrogens is 392 g/mol. The van der Waals surface area contributed by atoms with Gasteiger partial charge in [0, 0.05) is 14.5 Å². The van der Waals surface area contributed by atoms with E-state index in [1.54, 1.807) is 0 Å². The maximum absolute atomic E-state index is 10.5. The number of alkyl halides is 3. The van der Waals surface area contributed by atoms with Crippen molar-refractivity contribution in [3.8, 4) is 0 Å². The summed E-state index contributed by atoms with van der Waals surface area (Å²) in [5.74, 6) is 0. The predicted octanol–water partition coefficient (Wildman–Crippen LogP) is 2.59. The molecule has 13 heavy (non-hydrogen) atoms. The molecule has 0 heterocycles. The van der Waals surface area contributed by atoms with Gasteiger partial charge in [0.05, 0.1) is 0 Å². The summed E-state index contributed by atoms with van der Waals surface area (Å²) in [5, 5.41) is 0. The summed E-state index contributed by atoms with van der Waals surface area (Å²) in [6.45, 7) is 0. The SMILES string of the molecule is O=S(O)OC1C(Br)CC(Br)CC1Br. The molecule has 0 aliphatic heterocycles. The van der Waals surface area contributed by atoms with Crippen LogP contribution >= 0.6 is 47.8 Å². The predicted molar refractivity (Wildman–Crippen MR) is 63.0 cm³/mol. The summed E-state index contributed by atoms with van der Waals surface area (Å²) >= 11 is 8.18. The minimum Gasteiger partial charge on any atom is -0.284 e. The van der Waals surface area contributed by atoms with Crippen LogP contribution in [0.25, 0.3) is 0 Å². The molecular formula is C6H9Br3O3S. The lowest BCUT2D eigenvalue weighted by Gasteiger charge is -2.33. The first-order chi connectivity index (χ1) is 6.00. The van der Waals surface area contributed by atoms with Crippen molar-refractivity contribution in [3.63, 3.8) is 0 Å². The van der Waals surface area contributed by atoms with Crippen LogP contribution in [0, 0.1) is 0 Å². The molecule has 1 aliphatic carbocycles. The summed E-state index contributed by atoms with van der Waals surface area (Å²) in [5.41, 5.74) is 0. The van der Waals surface area contributed by atoms with Crippen molar-refractivity contribution >= 4 is 59.2 Å². The average molecular weight is 401 g/mol. The van der Waals surface area contributed by atoms with Crippen LogP contribution in [0.4, 0.5) is 0 Å². The van der Waals surface area contributed by atoms with Gasteiger partial charge in [-0.1, -0.05) is 47.8 Å².